The summed E-state index contributed by atoms with van der Waals surface area (Å²) in [5.74, 6) is 0.134. The van der Waals surface area contributed by atoms with Crippen molar-refractivity contribution < 1.29 is 9.53 Å². The summed E-state index contributed by atoms with van der Waals surface area (Å²) in [4.78, 5) is 16.5. The number of piperidine rings is 1. The van der Waals surface area contributed by atoms with Crippen molar-refractivity contribution in [2.75, 3.05) is 39.4 Å². The Morgan fingerprint density at radius 1 is 1.48 bits per heavy atom. The molecule has 25 heavy (non-hydrogen) atoms. The number of rotatable bonds is 5. The zero-order chi connectivity index (χ0) is 17.0. The molecule has 1 amide bonds. The van der Waals surface area contributed by atoms with Gasteiger partial charge in [-0.1, -0.05) is 19.9 Å². The van der Waals surface area contributed by atoms with Gasteiger partial charge in [0.15, 0.2) is 0 Å². The number of amides is 1. The molecule has 5 nitrogen and oxygen atoms in total. The minimum Gasteiger partial charge on any atom is -0.379 e. The molecule has 0 radical (unpaired) electrons. The first-order chi connectivity index (χ1) is 11.6. The molecule has 2 N–H and O–H groups in total. The first-order valence-corrected chi connectivity index (χ1v) is 9.82. The largest absolute Gasteiger partial charge is 0.379 e. The fourth-order valence-electron chi connectivity index (χ4n) is 3.74. The lowest BCUT2D eigenvalue weighted by molar-refractivity contribution is -0.127. The number of ether oxygens (including phenoxy) is 1. The summed E-state index contributed by atoms with van der Waals surface area (Å²) in [6, 6.07) is 4.39. The molecule has 2 saturated heterocycles. The third kappa shape index (κ3) is 5.17. The molecule has 7 heteroatoms. The van der Waals surface area contributed by atoms with E-state index in [9.17, 15) is 4.79 Å². The molecule has 2 unspecified atom stereocenters. The number of thiophene rings is 1. The van der Waals surface area contributed by atoms with Crippen molar-refractivity contribution in [3.8, 4) is 0 Å². The van der Waals surface area contributed by atoms with Crippen molar-refractivity contribution in [3.63, 3.8) is 0 Å². The predicted octanol–water partition coefficient (Wildman–Crippen LogP) is 2.44. The SMILES string of the molecule is CC1(C)CCCNC1C(=O)NCC(c1cccs1)N1CCOCC1.Cl. The topological polar surface area (TPSA) is 53.6 Å². The summed E-state index contributed by atoms with van der Waals surface area (Å²) in [6.45, 7) is 9.34. The standard InChI is InChI=1S/C18H29N3O2S.ClH/c1-18(2)6-4-7-19-16(18)17(22)20-13-14(15-5-3-12-24-15)21-8-10-23-11-9-21;/h3,5,12,14,16,19H,4,6-11,13H2,1-2H3,(H,20,22);1H. The quantitative estimate of drug-likeness (QED) is 0.814. The normalized spacial score (nSPS) is 25.0. The molecule has 2 atom stereocenters. The Hall–Kier alpha value is -0.660. The Kier molecular flexibility index (Phi) is 7.70. The molecule has 2 fully saturated rings. The van der Waals surface area contributed by atoms with Crippen LogP contribution in [0.1, 0.15) is 37.6 Å². The van der Waals surface area contributed by atoms with E-state index in [1.54, 1.807) is 11.3 Å². The number of morpholine rings is 1. The van der Waals surface area contributed by atoms with E-state index in [1.807, 2.05) is 0 Å². The highest BCUT2D eigenvalue weighted by atomic mass is 35.5. The fourth-order valence-corrected chi connectivity index (χ4v) is 4.60. The molecule has 0 spiro atoms. The van der Waals surface area contributed by atoms with Crippen molar-refractivity contribution in [3.05, 3.63) is 22.4 Å². The summed E-state index contributed by atoms with van der Waals surface area (Å²) in [7, 11) is 0. The maximum Gasteiger partial charge on any atom is 0.237 e. The number of hydrogen-bond acceptors (Lipinski definition) is 5. The van der Waals surface area contributed by atoms with Gasteiger partial charge in [0.05, 0.1) is 25.3 Å². The van der Waals surface area contributed by atoms with Gasteiger partial charge in [-0.25, -0.2) is 0 Å². The Bertz CT molecular complexity index is 532. The van der Waals surface area contributed by atoms with Crippen molar-refractivity contribution >= 4 is 29.7 Å². The molecule has 142 valence electrons. The summed E-state index contributed by atoms with van der Waals surface area (Å²) >= 11 is 1.76. The lowest BCUT2D eigenvalue weighted by atomic mass is 9.77. The average Bonchev–Trinajstić information content (AvgIpc) is 3.10. The highest BCUT2D eigenvalue weighted by Gasteiger charge is 2.37. The predicted molar refractivity (Wildman–Crippen MR) is 105 cm³/mol. The minimum atomic E-state index is -0.0973. The van der Waals surface area contributed by atoms with E-state index >= 15 is 0 Å². The van der Waals surface area contributed by atoms with Gasteiger partial charge in [-0.05, 0) is 36.2 Å². The van der Waals surface area contributed by atoms with E-state index in [1.165, 1.54) is 4.88 Å². The highest BCUT2D eigenvalue weighted by molar-refractivity contribution is 7.10. The van der Waals surface area contributed by atoms with Gasteiger partial charge in [-0.3, -0.25) is 9.69 Å². The minimum absolute atomic E-state index is 0. The van der Waals surface area contributed by atoms with Crippen LogP contribution in [-0.2, 0) is 9.53 Å². The summed E-state index contributed by atoms with van der Waals surface area (Å²) in [6.07, 6.45) is 2.23. The van der Waals surface area contributed by atoms with Crippen LogP contribution in [-0.4, -0.2) is 56.2 Å². The summed E-state index contributed by atoms with van der Waals surface area (Å²) in [5.41, 5.74) is 0.0136. The van der Waals surface area contributed by atoms with E-state index in [0.29, 0.717) is 6.54 Å². The summed E-state index contributed by atoms with van der Waals surface area (Å²) in [5, 5.41) is 8.73. The van der Waals surface area contributed by atoms with Crippen LogP contribution in [0.15, 0.2) is 17.5 Å². The van der Waals surface area contributed by atoms with Crippen LogP contribution in [0, 0.1) is 5.41 Å². The molecule has 3 heterocycles. The molecule has 3 rings (SSSR count). The van der Waals surface area contributed by atoms with E-state index in [2.05, 4.69) is 46.9 Å². The molecule has 0 aliphatic carbocycles. The number of carbonyl (C=O) groups is 1. The lowest BCUT2D eigenvalue weighted by Crippen LogP contribution is -2.56. The van der Waals surface area contributed by atoms with Gasteiger partial charge in [-0.2, -0.15) is 0 Å². The molecule has 1 aromatic rings. The highest BCUT2D eigenvalue weighted by Crippen LogP contribution is 2.30. The third-order valence-electron chi connectivity index (χ3n) is 5.22. The monoisotopic (exact) mass is 387 g/mol. The molecule has 0 aromatic carbocycles. The van der Waals surface area contributed by atoms with E-state index < -0.39 is 0 Å². The Labute approximate surface area is 160 Å². The van der Waals surface area contributed by atoms with Crippen LogP contribution in [0.3, 0.4) is 0 Å². The molecule has 2 aliphatic heterocycles. The van der Waals surface area contributed by atoms with Gasteiger partial charge in [0.2, 0.25) is 5.91 Å². The van der Waals surface area contributed by atoms with Gasteiger partial charge in [0.25, 0.3) is 0 Å². The lowest BCUT2D eigenvalue weighted by Gasteiger charge is -2.39. The van der Waals surface area contributed by atoms with Crippen LogP contribution in [0.2, 0.25) is 0 Å². The van der Waals surface area contributed by atoms with Crippen molar-refractivity contribution in [1.29, 1.82) is 0 Å². The van der Waals surface area contributed by atoms with E-state index in [-0.39, 0.29) is 35.8 Å². The van der Waals surface area contributed by atoms with Crippen LogP contribution in [0.25, 0.3) is 0 Å². The Balaban J connectivity index is 0.00000225. The second-order valence-electron chi connectivity index (χ2n) is 7.40. The van der Waals surface area contributed by atoms with Crippen LogP contribution >= 0.6 is 23.7 Å². The molecular formula is C18H30ClN3O2S. The fraction of sp³-hybridized carbons (Fsp3) is 0.722. The maximum absolute atomic E-state index is 12.8. The number of carbonyl (C=O) groups excluding carboxylic acids is 1. The van der Waals surface area contributed by atoms with Crippen LogP contribution < -0.4 is 10.6 Å². The molecule has 2 aliphatic rings. The van der Waals surface area contributed by atoms with Crippen molar-refractivity contribution in [2.45, 2.75) is 38.8 Å². The van der Waals surface area contributed by atoms with Crippen LogP contribution in [0.5, 0.6) is 0 Å². The smallest absolute Gasteiger partial charge is 0.237 e. The number of halogens is 1. The number of hydrogen-bond donors (Lipinski definition) is 2. The van der Waals surface area contributed by atoms with Crippen molar-refractivity contribution in [2.24, 2.45) is 5.41 Å². The maximum atomic E-state index is 12.8. The average molecular weight is 388 g/mol. The van der Waals surface area contributed by atoms with Gasteiger partial charge in [-0.15, -0.1) is 23.7 Å². The van der Waals surface area contributed by atoms with Gasteiger partial charge < -0.3 is 15.4 Å². The first-order valence-electron chi connectivity index (χ1n) is 8.94. The number of nitrogens with one attached hydrogen (secondary N) is 2. The molecule has 1 aromatic heterocycles. The van der Waals surface area contributed by atoms with Gasteiger partial charge in [0.1, 0.15) is 0 Å². The zero-order valence-corrected chi connectivity index (χ0v) is 16.8. The molecular weight excluding hydrogens is 358 g/mol. The zero-order valence-electron chi connectivity index (χ0n) is 15.1. The van der Waals surface area contributed by atoms with Gasteiger partial charge >= 0.3 is 0 Å². The Morgan fingerprint density at radius 2 is 2.24 bits per heavy atom. The Morgan fingerprint density at radius 3 is 2.88 bits per heavy atom. The second kappa shape index (κ2) is 9.33. The van der Waals surface area contributed by atoms with Crippen LogP contribution in [0.4, 0.5) is 0 Å². The van der Waals surface area contributed by atoms with Crippen molar-refractivity contribution in [1.82, 2.24) is 15.5 Å². The molecule has 0 saturated carbocycles. The third-order valence-corrected chi connectivity index (χ3v) is 6.19. The summed E-state index contributed by atoms with van der Waals surface area (Å²) < 4.78 is 5.48. The first kappa shape index (κ1) is 20.6. The van der Waals surface area contributed by atoms with E-state index in [0.717, 1.165) is 45.7 Å². The number of nitrogens with zero attached hydrogens (tertiary/aromatic N) is 1. The van der Waals surface area contributed by atoms with Gasteiger partial charge in [0, 0.05) is 24.5 Å². The second-order valence-corrected chi connectivity index (χ2v) is 8.38. The van der Waals surface area contributed by atoms with E-state index in [4.69, 9.17) is 4.74 Å². The molecule has 0 bridgehead atoms.